The van der Waals surface area contributed by atoms with E-state index in [0.29, 0.717) is 0 Å². The number of nitrogens with zero attached hydrogens (tertiary/aromatic N) is 2. The third-order valence-corrected chi connectivity index (χ3v) is 4.89. The van der Waals surface area contributed by atoms with Crippen LogP contribution < -0.4 is 0 Å². The molecule has 1 aliphatic rings. The topological polar surface area (TPSA) is 23.6 Å². The number of carbonyl (C=O) groups is 1. The molecule has 0 bridgehead atoms. The summed E-state index contributed by atoms with van der Waals surface area (Å²) in [4.78, 5) is 16.7. The number of thiophene rings is 1. The summed E-state index contributed by atoms with van der Waals surface area (Å²) in [6, 6.07) is 12.6. The molecular formula is C18H22N2OS. The van der Waals surface area contributed by atoms with Crippen molar-refractivity contribution in [3.05, 3.63) is 58.3 Å². The molecule has 1 aliphatic heterocycles. The third kappa shape index (κ3) is 3.96. The van der Waals surface area contributed by atoms with E-state index in [9.17, 15) is 4.79 Å². The fourth-order valence-corrected chi connectivity index (χ4v) is 3.52. The number of amides is 1. The average Bonchev–Trinajstić information content (AvgIpc) is 3.10. The van der Waals surface area contributed by atoms with Gasteiger partial charge < -0.3 is 4.90 Å². The minimum absolute atomic E-state index is 0.185. The Hall–Kier alpha value is -1.65. The summed E-state index contributed by atoms with van der Waals surface area (Å²) in [6.45, 7) is 4.80. The lowest BCUT2D eigenvalue weighted by molar-refractivity contribution is 0.0636. The van der Waals surface area contributed by atoms with E-state index in [1.807, 2.05) is 21.7 Å². The van der Waals surface area contributed by atoms with Gasteiger partial charge in [0.05, 0.1) is 5.56 Å². The largest absolute Gasteiger partial charge is 0.336 e. The normalized spacial score (nSPS) is 15.9. The zero-order chi connectivity index (χ0) is 15.2. The molecule has 2 aromatic rings. The number of hydrogen-bond acceptors (Lipinski definition) is 3. The van der Waals surface area contributed by atoms with E-state index in [4.69, 9.17) is 0 Å². The summed E-state index contributed by atoms with van der Waals surface area (Å²) >= 11 is 1.58. The number of aryl methyl sites for hydroxylation is 1. The predicted molar refractivity (Wildman–Crippen MR) is 91.4 cm³/mol. The van der Waals surface area contributed by atoms with E-state index in [1.54, 1.807) is 11.3 Å². The standard InChI is InChI=1S/C18H22N2OS/c21-18(17-8-14-22-15-17)20-12-10-19(11-13-20)9-4-7-16-5-2-1-3-6-16/h1-3,5-6,8,14-15H,4,7,9-13H2. The fraction of sp³-hybridized carbons (Fsp3) is 0.389. The Morgan fingerprint density at radius 3 is 2.50 bits per heavy atom. The van der Waals surface area contributed by atoms with Crippen LogP contribution >= 0.6 is 11.3 Å². The average molecular weight is 314 g/mol. The molecule has 0 atom stereocenters. The molecule has 0 N–H and O–H groups in total. The van der Waals surface area contributed by atoms with Crippen molar-refractivity contribution >= 4 is 17.2 Å². The molecule has 3 nitrogen and oxygen atoms in total. The van der Waals surface area contributed by atoms with Gasteiger partial charge in [-0.25, -0.2) is 0 Å². The van der Waals surface area contributed by atoms with E-state index >= 15 is 0 Å². The smallest absolute Gasteiger partial charge is 0.254 e. The van der Waals surface area contributed by atoms with Gasteiger partial charge in [0.15, 0.2) is 0 Å². The highest BCUT2D eigenvalue weighted by Gasteiger charge is 2.21. The van der Waals surface area contributed by atoms with Crippen LogP contribution in [0, 0.1) is 0 Å². The molecule has 0 saturated carbocycles. The van der Waals surface area contributed by atoms with Crippen LogP contribution in [0.3, 0.4) is 0 Å². The van der Waals surface area contributed by atoms with Gasteiger partial charge in [0.1, 0.15) is 0 Å². The quantitative estimate of drug-likeness (QED) is 0.846. The Kier molecular flexibility index (Phi) is 5.24. The molecule has 0 spiro atoms. The Morgan fingerprint density at radius 2 is 1.82 bits per heavy atom. The van der Waals surface area contributed by atoms with Gasteiger partial charge in [-0.3, -0.25) is 9.69 Å². The van der Waals surface area contributed by atoms with E-state index in [2.05, 4.69) is 35.2 Å². The molecule has 1 amide bonds. The maximum atomic E-state index is 12.3. The Bertz CT molecular complexity index is 574. The lowest BCUT2D eigenvalue weighted by Gasteiger charge is -2.34. The molecule has 22 heavy (non-hydrogen) atoms. The molecule has 116 valence electrons. The van der Waals surface area contributed by atoms with Gasteiger partial charge in [0.25, 0.3) is 5.91 Å². The van der Waals surface area contributed by atoms with Crippen molar-refractivity contribution in [2.24, 2.45) is 0 Å². The van der Waals surface area contributed by atoms with Crippen LogP contribution in [0.5, 0.6) is 0 Å². The minimum atomic E-state index is 0.185. The van der Waals surface area contributed by atoms with Crippen molar-refractivity contribution in [1.82, 2.24) is 9.80 Å². The molecule has 1 saturated heterocycles. The number of rotatable bonds is 5. The zero-order valence-corrected chi connectivity index (χ0v) is 13.6. The first-order chi connectivity index (χ1) is 10.8. The summed E-state index contributed by atoms with van der Waals surface area (Å²) in [6.07, 6.45) is 2.32. The first kappa shape index (κ1) is 15.3. The van der Waals surface area contributed by atoms with Gasteiger partial charge in [0.2, 0.25) is 0 Å². The van der Waals surface area contributed by atoms with Crippen LogP contribution in [0.4, 0.5) is 0 Å². The molecular weight excluding hydrogens is 292 g/mol. The van der Waals surface area contributed by atoms with Crippen LogP contribution in [-0.2, 0) is 6.42 Å². The Labute approximate surface area is 136 Å². The number of hydrogen-bond donors (Lipinski definition) is 0. The van der Waals surface area contributed by atoms with E-state index < -0.39 is 0 Å². The second-order valence-corrected chi connectivity index (χ2v) is 6.52. The first-order valence-electron chi connectivity index (χ1n) is 7.91. The van der Waals surface area contributed by atoms with E-state index in [-0.39, 0.29) is 5.91 Å². The fourth-order valence-electron chi connectivity index (χ4n) is 2.89. The van der Waals surface area contributed by atoms with Crippen LogP contribution in [0.15, 0.2) is 47.2 Å². The summed E-state index contributed by atoms with van der Waals surface area (Å²) < 4.78 is 0. The van der Waals surface area contributed by atoms with Gasteiger partial charge >= 0.3 is 0 Å². The summed E-state index contributed by atoms with van der Waals surface area (Å²) in [5.74, 6) is 0.185. The summed E-state index contributed by atoms with van der Waals surface area (Å²) in [7, 11) is 0. The van der Waals surface area contributed by atoms with Crippen molar-refractivity contribution in [2.75, 3.05) is 32.7 Å². The maximum absolute atomic E-state index is 12.3. The highest BCUT2D eigenvalue weighted by Crippen LogP contribution is 2.12. The number of benzene rings is 1. The third-order valence-electron chi connectivity index (χ3n) is 4.21. The van der Waals surface area contributed by atoms with Gasteiger partial charge in [-0.2, -0.15) is 11.3 Å². The molecule has 0 radical (unpaired) electrons. The molecule has 1 aromatic carbocycles. The molecule has 1 aromatic heterocycles. The van der Waals surface area contributed by atoms with E-state index in [0.717, 1.165) is 44.7 Å². The maximum Gasteiger partial charge on any atom is 0.254 e. The van der Waals surface area contributed by atoms with Gasteiger partial charge in [-0.1, -0.05) is 30.3 Å². The van der Waals surface area contributed by atoms with Crippen molar-refractivity contribution in [3.8, 4) is 0 Å². The van der Waals surface area contributed by atoms with Gasteiger partial charge in [-0.15, -0.1) is 0 Å². The van der Waals surface area contributed by atoms with Crippen LogP contribution in [0.1, 0.15) is 22.3 Å². The molecule has 1 fully saturated rings. The number of carbonyl (C=O) groups excluding carboxylic acids is 1. The zero-order valence-electron chi connectivity index (χ0n) is 12.8. The minimum Gasteiger partial charge on any atom is -0.336 e. The number of piperazine rings is 1. The second kappa shape index (κ2) is 7.56. The summed E-state index contributed by atoms with van der Waals surface area (Å²) in [5, 5.41) is 3.90. The van der Waals surface area contributed by atoms with E-state index in [1.165, 1.54) is 12.0 Å². The highest BCUT2D eigenvalue weighted by molar-refractivity contribution is 7.08. The first-order valence-corrected chi connectivity index (χ1v) is 8.85. The molecule has 0 aliphatic carbocycles. The molecule has 4 heteroatoms. The van der Waals surface area contributed by atoms with Gasteiger partial charge in [-0.05, 0) is 36.4 Å². The van der Waals surface area contributed by atoms with Crippen LogP contribution in [0.25, 0.3) is 0 Å². The van der Waals surface area contributed by atoms with Crippen molar-refractivity contribution in [3.63, 3.8) is 0 Å². The SMILES string of the molecule is O=C(c1ccsc1)N1CCN(CCCc2ccccc2)CC1. The van der Waals surface area contributed by atoms with Gasteiger partial charge in [0, 0.05) is 31.6 Å². The monoisotopic (exact) mass is 314 g/mol. The molecule has 2 heterocycles. The second-order valence-electron chi connectivity index (χ2n) is 5.74. The van der Waals surface area contributed by atoms with Crippen molar-refractivity contribution in [1.29, 1.82) is 0 Å². The van der Waals surface area contributed by atoms with Crippen molar-refractivity contribution in [2.45, 2.75) is 12.8 Å². The van der Waals surface area contributed by atoms with Crippen LogP contribution in [0.2, 0.25) is 0 Å². The summed E-state index contributed by atoms with van der Waals surface area (Å²) in [5.41, 5.74) is 2.25. The lowest BCUT2D eigenvalue weighted by atomic mass is 10.1. The van der Waals surface area contributed by atoms with Crippen LogP contribution in [-0.4, -0.2) is 48.4 Å². The molecule has 3 rings (SSSR count). The molecule has 0 unspecified atom stereocenters. The Balaban J connectivity index is 1.39. The lowest BCUT2D eigenvalue weighted by Crippen LogP contribution is -2.48. The predicted octanol–water partition coefficient (Wildman–Crippen LogP) is 3.14. The van der Waals surface area contributed by atoms with Crippen molar-refractivity contribution < 1.29 is 4.79 Å². The highest BCUT2D eigenvalue weighted by atomic mass is 32.1. The Morgan fingerprint density at radius 1 is 1.05 bits per heavy atom.